The second-order valence-corrected chi connectivity index (χ2v) is 11.9. The normalized spacial score (nSPS) is 22.8. The van der Waals surface area contributed by atoms with Crippen LogP contribution in [0, 0.1) is 34.0 Å². The van der Waals surface area contributed by atoms with Gasteiger partial charge in [-0.1, -0.05) is 39.3 Å². The Balaban J connectivity index is 1.39. The summed E-state index contributed by atoms with van der Waals surface area (Å²) in [5, 5.41) is 9.50. The van der Waals surface area contributed by atoms with Crippen molar-refractivity contribution < 1.29 is 14.3 Å². The van der Waals surface area contributed by atoms with Crippen LogP contribution < -0.4 is 9.64 Å². The van der Waals surface area contributed by atoms with E-state index in [0.717, 1.165) is 43.5 Å². The lowest BCUT2D eigenvalue weighted by Crippen LogP contribution is -2.66. The van der Waals surface area contributed by atoms with E-state index in [-0.39, 0.29) is 28.6 Å². The molecule has 0 spiro atoms. The fraction of sp³-hybridized carbons (Fsp3) is 0.500. The van der Waals surface area contributed by atoms with Gasteiger partial charge in [0, 0.05) is 54.1 Å². The van der Waals surface area contributed by atoms with Crippen molar-refractivity contribution in [2.45, 2.75) is 59.5 Å². The minimum atomic E-state index is -0.203. The van der Waals surface area contributed by atoms with Gasteiger partial charge >= 0.3 is 0 Å². The SMILES string of the molecule is CC1(C)C(CC(=O)c2ccc(N3CCC(CC=O)CC3)cc2)C(C)(C)C1Oc1ccc(C#N)c(Cl)c1. The van der Waals surface area contributed by atoms with Crippen molar-refractivity contribution in [2.24, 2.45) is 22.7 Å². The molecule has 1 heterocycles. The molecule has 0 bridgehead atoms. The van der Waals surface area contributed by atoms with Gasteiger partial charge in [-0.15, -0.1) is 0 Å². The first-order chi connectivity index (χ1) is 17.1. The number of carbonyl (C=O) groups excluding carboxylic acids is 2. The molecule has 190 valence electrons. The zero-order valence-electron chi connectivity index (χ0n) is 21.6. The molecular formula is C30H35ClN2O3. The van der Waals surface area contributed by atoms with Crippen molar-refractivity contribution in [1.29, 1.82) is 5.26 Å². The Bertz CT molecular complexity index is 1140. The topological polar surface area (TPSA) is 70.4 Å². The van der Waals surface area contributed by atoms with Crippen LogP contribution in [0.4, 0.5) is 5.69 Å². The quantitative estimate of drug-likeness (QED) is 0.293. The third kappa shape index (κ3) is 5.02. The van der Waals surface area contributed by atoms with E-state index in [4.69, 9.17) is 21.6 Å². The van der Waals surface area contributed by atoms with Gasteiger partial charge in [0.2, 0.25) is 0 Å². The Labute approximate surface area is 219 Å². The predicted molar refractivity (Wildman–Crippen MR) is 143 cm³/mol. The number of nitrogens with zero attached hydrogens (tertiary/aromatic N) is 2. The number of hydrogen-bond donors (Lipinski definition) is 0. The highest BCUT2D eigenvalue weighted by molar-refractivity contribution is 6.31. The van der Waals surface area contributed by atoms with E-state index < -0.39 is 0 Å². The zero-order valence-corrected chi connectivity index (χ0v) is 22.3. The minimum Gasteiger partial charge on any atom is -0.489 e. The largest absolute Gasteiger partial charge is 0.489 e. The minimum absolute atomic E-state index is 0.0867. The monoisotopic (exact) mass is 506 g/mol. The molecule has 0 amide bonds. The number of benzene rings is 2. The van der Waals surface area contributed by atoms with Crippen LogP contribution in [0.5, 0.6) is 5.75 Å². The van der Waals surface area contributed by atoms with E-state index in [2.05, 4.69) is 38.7 Å². The summed E-state index contributed by atoms with van der Waals surface area (Å²) in [6.45, 7) is 10.5. The van der Waals surface area contributed by atoms with Crippen molar-refractivity contribution in [3.63, 3.8) is 0 Å². The smallest absolute Gasteiger partial charge is 0.163 e. The van der Waals surface area contributed by atoms with Crippen LogP contribution in [-0.4, -0.2) is 31.3 Å². The number of anilines is 1. The molecule has 0 unspecified atom stereocenters. The van der Waals surface area contributed by atoms with Gasteiger partial charge in [-0.25, -0.2) is 0 Å². The number of Topliss-reactive ketones (excluding diaryl/α,β-unsaturated/α-hetero) is 1. The van der Waals surface area contributed by atoms with Crippen LogP contribution in [0.25, 0.3) is 0 Å². The highest BCUT2D eigenvalue weighted by atomic mass is 35.5. The van der Waals surface area contributed by atoms with Gasteiger partial charge in [0.25, 0.3) is 0 Å². The summed E-state index contributed by atoms with van der Waals surface area (Å²) in [4.78, 5) is 26.4. The maximum Gasteiger partial charge on any atom is 0.163 e. The molecule has 1 saturated carbocycles. The molecule has 2 aromatic rings. The van der Waals surface area contributed by atoms with E-state index in [1.807, 2.05) is 24.3 Å². The molecule has 6 heteroatoms. The van der Waals surface area contributed by atoms with Crippen molar-refractivity contribution in [3.05, 3.63) is 58.6 Å². The van der Waals surface area contributed by atoms with Crippen molar-refractivity contribution in [1.82, 2.24) is 0 Å². The van der Waals surface area contributed by atoms with Crippen LogP contribution in [-0.2, 0) is 4.79 Å². The summed E-state index contributed by atoms with van der Waals surface area (Å²) >= 11 is 6.20. The molecule has 0 N–H and O–H groups in total. The number of ketones is 1. The number of nitriles is 1. The molecule has 4 rings (SSSR count). The molecule has 0 aromatic heterocycles. The molecule has 2 fully saturated rings. The van der Waals surface area contributed by atoms with E-state index in [1.165, 1.54) is 0 Å². The second-order valence-electron chi connectivity index (χ2n) is 11.5. The Morgan fingerprint density at radius 3 is 2.31 bits per heavy atom. The van der Waals surface area contributed by atoms with E-state index in [0.29, 0.717) is 35.1 Å². The third-order valence-electron chi connectivity index (χ3n) is 8.45. The van der Waals surface area contributed by atoms with Gasteiger partial charge in [-0.3, -0.25) is 4.79 Å². The average Bonchev–Trinajstić information content (AvgIpc) is 2.86. The summed E-state index contributed by atoms with van der Waals surface area (Å²) in [6, 6.07) is 15.2. The summed E-state index contributed by atoms with van der Waals surface area (Å²) < 4.78 is 6.35. The number of piperidine rings is 1. The second kappa shape index (κ2) is 10.3. The lowest BCUT2D eigenvalue weighted by Gasteiger charge is -2.63. The van der Waals surface area contributed by atoms with Crippen LogP contribution >= 0.6 is 11.6 Å². The molecule has 1 aliphatic heterocycles. The first-order valence-electron chi connectivity index (χ1n) is 12.8. The number of aldehydes is 1. The van der Waals surface area contributed by atoms with Gasteiger partial charge in [-0.05, 0) is 61.1 Å². The molecule has 2 aliphatic rings. The highest BCUT2D eigenvalue weighted by Crippen LogP contribution is 2.61. The van der Waals surface area contributed by atoms with Crippen LogP contribution in [0.3, 0.4) is 0 Å². The third-order valence-corrected chi connectivity index (χ3v) is 8.76. The molecule has 1 saturated heterocycles. The predicted octanol–water partition coefficient (Wildman–Crippen LogP) is 6.72. The number of hydrogen-bond acceptors (Lipinski definition) is 5. The lowest BCUT2D eigenvalue weighted by molar-refractivity contribution is -0.196. The van der Waals surface area contributed by atoms with Gasteiger partial charge in [-0.2, -0.15) is 5.26 Å². The van der Waals surface area contributed by atoms with Crippen LogP contribution in [0.1, 0.15) is 69.3 Å². The van der Waals surface area contributed by atoms with Crippen LogP contribution in [0.15, 0.2) is 42.5 Å². The molecule has 2 aromatic carbocycles. The molecule has 5 nitrogen and oxygen atoms in total. The summed E-state index contributed by atoms with van der Waals surface area (Å²) in [6.07, 6.45) is 4.12. The Hall–Kier alpha value is -2.84. The summed E-state index contributed by atoms with van der Waals surface area (Å²) in [7, 11) is 0. The number of halogens is 1. The maximum atomic E-state index is 13.3. The first kappa shape index (κ1) is 26.2. The van der Waals surface area contributed by atoms with Gasteiger partial charge in [0.1, 0.15) is 24.2 Å². The first-order valence-corrected chi connectivity index (χ1v) is 13.1. The molecule has 1 aliphatic carbocycles. The number of ether oxygens (including phenoxy) is 1. The molecule has 0 radical (unpaired) electrons. The Morgan fingerprint density at radius 1 is 1.11 bits per heavy atom. The standard InChI is InChI=1S/C30H35ClN2O3/c1-29(2)27(30(3,4)28(29)36-24-10-7-22(19-32)25(31)17-24)18-26(35)21-5-8-23(9-6-21)33-14-11-20(12-15-33)13-16-34/h5-10,16-17,20,27-28H,11-15,18H2,1-4H3. The van der Waals surface area contributed by atoms with Gasteiger partial charge in [0.15, 0.2) is 5.78 Å². The molecule has 36 heavy (non-hydrogen) atoms. The fourth-order valence-electron chi connectivity index (χ4n) is 6.54. The fourth-order valence-corrected chi connectivity index (χ4v) is 6.75. The maximum absolute atomic E-state index is 13.3. The van der Waals surface area contributed by atoms with E-state index in [1.54, 1.807) is 18.2 Å². The van der Waals surface area contributed by atoms with E-state index in [9.17, 15) is 9.59 Å². The van der Waals surface area contributed by atoms with Gasteiger partial charge in [0.05, 0.1) is 10.6 Å². The average molecular weight is 507 g/mol. The van der Waals surface area contributed by atoms with Gasteiger partial charge < -0.3 is 14.4 Å². The van der Waals surface area contributed by atoms with Crippen molar-refractivity contribution in [2.75, 3.05) is 18.0 Å². The van der Waals surface area contributed by atoms with Crippen LogP contribution in [0.2, 0.25) is 5.02 Å². The zero-order chi connectivity index (χ0) is 26.1. The Morgan fingerprint density at radius 2 is 1.75 bits per heavy atom. The van der Waals surface area contributed by atoms with Crippen molar-refractivity contribution >= 4 is 29.4 Å². The van der Waals surface area contributed by atoms with Crippen molar-refractivity contribution in [3.8, 4) is 11.8 Å². The summed E-state index contributed by atoms with van der Waals surface area (Å²) in [5.74, 6) is 1.45. The summed E-state index contributed by atoms with van der Waals surface area (Å²) in [5.41, 5.74) is 1.89. The Kier molecular flexibility index (Phi) is 7.48. The molecular weight excluding hydrogens is 472 g/mol. The highest BCUT2D eigenvalue weighted by Gasteiger charge is 2.63. The number of carbonyl (C=O) groups is 2. The lowest BCUT2D eigenvalue weighted by atomic mass is 9.44. The number of rotatable bonds is 8. The molecule has 0 atom stereocenters. The van der Waals surface area contributed by atoms with E-state index >= 15 is 0 Å².